The molecule has 2 rings (SSSR count). The molecule has 2 N–H and O–H groups in total. The molecular weight excluding hydrogens is 266 g/mol. The lowest BCUT2D eigenvalue weighted by Crippen LogP contribution is -2.51. The summed E-state index contributed by atoms with van der Waals surface area (Å²) in [6.07, 6.45) is 0. The van der Waals surface area contributed by atoms with Crippen molar-refractivity contribution in [1.29, 1.82) is 5.26 Å². The van der Waals surface area contributed by atoms with Gasteiger partial charge in [0, 0.05) is 31.3 Å². The second kappa shape index (κ2) is 6.02. The van der Waals surface area contributed by atoms with E-state index in [1.54, 1.807) is 18.2 Å². The number of carbonyl (C=O) groups excluding carboxylic acids is 1. The molecule has 19 heavy (non-hydrogen) atoms. The minimum atomic E-state index is -0.128. The highest BCUT2D eigenvalue weighted by Crippen LogP contribution is 2.20. The van der Waals surface area contributed by atoms with E-state index in [0.717, 1.165) is 13.1 Å². The van der Waals surface area contributed by atoms with Crippen molar-refractivity contribution in [1.82, 2.24) is 4.90 Å². The molecule has 1 amide bonds. The van der Waals surface area contributed by atoms with Gasteiger partial charge in [-0.05, 0) is 18.2 Å². The van der Waals surface area contributed by atoms with Gasteiger partial charge in [0.1, 0.15) is 6.07 Å². The highest BCUT2D eigenvalue weighted by atomic mass is 35.5. The molecule has 5 nitrogen and oxygen atoms in total. The Balaban J connectivity index is 1.86. The van der Waals surface area contributed by atoms with Crippen LogP contribution in [0.1, 0.15) is 5.56 Å². The van der Waals surface area contributed by atoms with Crippen molar-refractivity contribution in [2.24, 2.45) is 5.92 Å². The van der Waals surface area contributed by atoms with Crippen molar-refractivity contribution in [2.75, 3.05) is 31.6 Å². The summed E-state index contributed by atoms with van der Waals surface area (Å²) < 4.78 is 0. The molecule has 0 unspecified atom stereocenters. The third-order valence-electron chi connectivity index (χ3n) is 3.03. The maximum Gasteiger partial charge on any atom is 0.238 e. The standard InChI is InChI=1S/C13H14ClN3O2/c14-12-3-11(2-1-10(12)4-15)16-13(19)7-17-5-9(6-17)8-18/h1-3,9,18H,5-8H2,(H,16,19). The minimum absolute atomic E-state index is 0.128. The van der Waals surface area contributed by atoms with Crippen LogP contribution in [0.4, 0.5) is 5.69 Å². The van der Waals surface area contributed by atoms with E-state index in [1.165, 1.54) is 0 Å². The molecule has 1 aliphatic heterocycles. The number of anilines is 1. The topological polar surface area (TPSA) is 76.4 Å². The molecule has 6 heteroatoms. The Kier molecular flexibility index (Phi) is 4.38. The van der Waals surface area contributed by atoms with Gasteiger partial charge in [0.05, 0.1) is 17.1 Å². The predicted octanol–water partition coefficient (Wildman–Crippen LogP) is 1.07. The number of nitrogens with one attached hydrogen (secondary N) is 1. The molecule has 0 aromatic heterocycles. The summed E-state index contributed by atoms with van der Waals surface area (Å²) in [5.74, 6) is 0.161. The maximum atomic E-state index is 11.8. The van der Waals surface area contributed by atoms with Gasteiger partial charge in [-0.25, -0.2) is 0 Å². The second-order valence-corrected chi connectivity index (χ2v) is 5.00. The lowest BCUT2D eigenvalue weighted by molar-refractivity contribution is -0.119. The number of hydrogen-bond donors (Lipinski definition) is 2. The molecular formula is C13H14ClN3O2. The fraction of sp³-hybridized carbons (Fsp3) is 0.385. The Labute approximate surface area is 116 Å². The van der Waals surface area contributed by atoms with Crippen molar-refractivity contribution >= 4 is 23.2 Å². The van der Waals surface area contributed by atoms with Gasteiger partial charge in [0.15, 0.2) is 0 Å². The van der Waals surface area contributed by atoms with E-state index in [4.69, 9.17) is 22.0 Å². The first-order chi connectivity index (χ1) is 9.12. The zero-order valence-corrected chi connectivity index (χ0v) is 11.0. The fourth-order valence-corrected chi connectivity index (χ4v) is 2.23. The second-order valence-electron chi connectivity index (χ2n) is 4.60. The van der Waals surface area contributed by atoms with Crippen LogP contribution in [-0.4, -0.2) is 42.2 Å². The van der Waals surface area contributed by atoms with E-state index in [2.05, 4.69) is 5.32 Å². The maximum absolute atomic E-state index is 11.8. The third kappa shape index (κ3) is 3.44. The first-order valence-corrected chi connectivity index (χ1v) is 6.33. The van der Waals surface area contributed by atoms with Crippen LogP contribution >= 0.6 is 11.6 Å². The number of halogens is 1. The van der Waals surface area contributed by atoms with E-state index >= 15 is 0 Å². The average Bonchev–Trinajstić information content (AvgIpc) is 2.33. The number of amides is 1. The summed E-state index contributed by atoms with van der Waals surface area (Å²) in [6, 6.07) is 6.74. The van der Waals surface area contributed by atoms with Crippen molar-refractivity contribution in [3.05, 3.63) is 28.8 Å². The molecule has 0 radical (unpaired) electrons. The van der Waals surface area contributed by atoms with E-state index in [9.17, 15) is 4.79 Å². The van der Waals surface area contributed by atoms with Gasteiger partial charge in [-0.1, -0.05) is 11.6 Å². The van der Waals surface area contributed by atoms with E-state index in [1.807, 2.05) is 11.0 Å². The molecule has 1 aromatic rings. The molecule has 0 bridgehead atoms. The zero-order valence-electron chi connectivity index (χ0n) is 10.3. The molecule has 0 saturated carbocycles. The van der Waals surface area contributed by atoms with Crippen molar-refractivity contribution in [3.8, 4) is 6.07 Å². The first kappa shape index (κ1) is 13.8. The van der Waals surface area contributed by atoms with Gasteiger partial charge in [0.2, 0.25) is 5.91 Å². The summed E-state index contributed by atoms with van der Waals surface area (Å²) in [5, 5.41) is 20.7. The number of nitrogens with zero attached hydrogens (tertiary/aromatic N) is 2. The molecule has 1 aliphatic rings. The minimum Gasteiger partial charge on any atom is -0.396 e. The van der Waals surface area contributed by atoms with Crippen molar-refractivity contribution in [2.45, 2.75) is 0 Å². The molecule has 1 fully saturated rings. The van der Waals surface area contributed by atoms with Crippen LogP contribution in [0.2, 0.25) is 5.02 Å². The SMILES string of the molecule is N#Cc1ccc(NC(=O)CN2CC(CO)C2)cc1Cl. The van der Waals surface area contributed by atoms with Gasteiger partial charge in [0.25, 0.3) is 0 Å². The summed E-state index contributed by atoms with van der Waals surface area (Å²) in [6.45, 7) is 1.97. The average molecular weight is 280 g/mol. The number of carbonyl (C=O) groups is 1. The third-order valence-corrected chi connectivity index (χ3v) is 3.34. The van der Waals surface area contributed by atoms with Gasteiger partial charge in [-0.2, -0.15) is 5.26 Å². The highest BCUT2D eigenvalue weighted by molar-refractivity contribution is 6.32. The number of benzene rings is 1. The lowest BCUT2D eigenvalue weighted by atomic mass is 10.0. The number of hydrogen-bond acceptors (Lipinski definition) is 4. The van der Waals surface area contributed by atoms with E-state index in [-0.39, 0.29) is 18.4 Å². The van der Waals surface area contributed by atoms with Crippen LogP contribution in [0.3, 0.4) is 0 Å². The van der Waals surface area contributed by atoms with Crippen LogP contribution in [0, 0.1) is 17.2 Å². The fourth-order valence-electron chi connectivity index (χ4n) is 2.01. The van der Waals surface area contributed by atoms with Crippen molar-refractivity contribution in [3.63, 3.8) is 0 Å². The van der Waals surface area contributed by atoms with Gasteiger partial charge < -0.3 is 10.4 Å². The van der Waals surface area contributed by atoms with Crippen LogP contribution in [-0.2, 0) is 4.79 Å². The van der Waals surface area contributed by atoms with Gasteiger partial charge in [-0.3, -0.25) is 9.69 Å². The Hall–Kier alpha value is -1.61. The molecule has 0 aliphatic carbocycles. The van der Waals surface area contributed by atoms with Crippen molar-refractivity contribution < 1.29 is 9.90 Å². The highest BCUT2D eigenvalue weighted by Gasteiger charge is 2.27. The monoisotopic (exact) mass is 279 g/mol. The van der Waals surface area contributed by atoms with Crippen LogP contribution in [0.25, 0.3) is 0 Å². The number of aliphatic hydroxyl groups excluding tert-OH is 1. The molecule has 1 aromatic carbocycles. The summed E-state index contributed by atoms with van der Waals surface area (Å²) in [7, 11) is 0. The Morgan fingerprint density at radius 2 is 2.32 bits per heavy atom. The normalized spacial score (nSPS) is 15.6. The smallest absolute Gasteiger partial charge is 0.238 e. The zero-order chi connectivity index (χ0) is 13.8. The van der Waals surface area contributed by atoms with Crippen LogP contribution in [0.15, 0.2) is 18.2 Å². The van der Waals surface area contributed by atoms with E-state index in [0.29, 0.717) is 22.8 Å². The lowest BCUT2D eigenvalue weighted by Gasteiger charge is -2.37. The summed E-state index contributed by atoms with van der Waals surface area (Å²) in [4.78, 5) is 13.7. The quantitative estimate of drug-likeness (QED) is 0.864. The number of nitriles is 1. The largest absolute Gasteiger partial charge is 0.396 e. The molecule has 1 saturated heterocycles. The van der Waals surface area contributed by atoms with E-state index < -0.39 is 0 Å². The molecule has 0 spiro atoms. The molecule has 0 atom stereocenters. The van der Waals surface area contributed by atoms with Crippen LogP contribution in [0.5, 0.6) is 0 Å². The Morgan fingerprint density at radius 3 is 2.89 bits per heavy atom. The molecule has 1 heterocycles. The summed E-state index contributed by atoms with van der Waals surface area (Å²) >= 11 is 5.88. The predicted molar refractivity (Wildman–Crippen MR) is 71.8 cm³/mol. The molecule has 100 valence electrons. The Bertz CT molecular complexity index is 521. The number of aliphatic hydroxyl groups is 1. The van der Waals surface area contributed by atoms with Gasteiger partial charge in [-0.15, -0.1) is 0 Å². The first-order valence-electron chi connectivity index (χ1n) is 5.95. The van der Waals surface area contributed by atoms with Gasteiger partial charge >= 0.3 is 0 Å². The van der Waals surface area contributed by atoms with Crippen LogP contribution < -0.4 is 5.32 Å². The Morgan fingerprint density at radius 1 is 1.58 bits per heavy atom. The number of likely N-dealkylation sites (tertiary alicyclic amines) is 1. The summed E-state index contributed by atoms with van der Waals surface area (Å²) in [5.41, 5.74) is 0.960. The number of rotatable bonds is 4.